The SMILES string of the molecule is Cn1ncc(N)c1C1=COCCC1. The summed E-state index contributed by atoms with van der Waals surface area (Å²) in [7, 11) is 1.89. The first kappa shape index (κ1) is 8.16. The van der Waals surface area contributed by atoms with Gasteiger partial charge in [-0.3, -0.25) is 4.68 Å². The van der Waals surface area contributed by atoms with Crippen molar-refractivity contribution in [3.63, 3.8) is 0 Å². The lowest BCUT2D eigenvalue weighted by molar-refractivity contribution is 0.235. The summed E-state index contributed by atoms with van der Waals surface area (Å²) in [6, 6.07) is 0. The molecule has 1 aromatic rings. The molecule has 13 heavy (non-hydrogen) atoms. The van der Waals surface area contributed by atoms with E-state index < -0.39 is 0 Å². The van der Waals surface area contributed by atoms with Gasteiger partial charge in [-0.25, -0.2) is 0 Å². The highest BCUT2D eigenvalue weighted by atomic mass is 16.5. The van der Waals surface area contributed by atoms with Crippen molar-refractivity contribution in [3.05, 3.63) is 18.2 Å². The number of ether oxygens (including phenoxy) is 1. The monoisotopic (exact) mass is 179 g/mol. The van der Waals surface area contributed by atoms with Crippen molar-refractivity contribution in [3.8, 4) is 0 Å². The first-order valence-electron chi connectivity index (χ1n) is 4.37. The maximum atomic E-state index is 5.79. The number of rotatable bonds is 1. The van der Waals surface area contributed by atoms with Crippen LogP contribution in [0.1, 0.15) is 18.5 Å². The van der Waals surface area contributed by atoms with Crippen LogP contribution in [0.3, 0.4) is 0 Å². The van der Waals surface area contributed by atoms with Crippen LogP contribution in [0.15, 0.2) is 12.5 Å². The van der Waals surface area contributed by atoms with Crippen molar-refractivity contribution in [1.82, 2.24) is 9.78 Å². The zero-order valence-electron chi connectivity index (χ0n) is 7.66. The van der Waals surface area contributed by atoms with Crippen LogP contribution >= 0.6 is 0 Å². The molecule has 0 saturated carbocycles. The largest absolute Gasteiger partial charge is 0.501 e. The minimum atomic E-state index is 0.722. The fourth-order valence-electron chi connectivity index (χ4n) is 1.59. The maximum absolute atomic E-state index is 5.79. The standard InChI is InChI=1S/C9H13N3O/c1-12-9(8(10)5-11-12)7-3-2-4-13-6-7/h5-6H,2-4,10H2,1H3. The van der Waals surface area contributed by atoms with E-state index in [9.17, 15) is 0 Å². The van der Waals surface area contributed by atoms with Gasteiger partial charge >= 0.3 is 0 Å². The Hall–Kier alpha value is -1.45. The van der Waals surface area contributed by atoms with Gasteiger partial charge in [0.2, 0.25) is 0 Å². The molecule has 0 saturated heterocycles. The molecule has 4 heteroatoms. The predicted molar refractivity (Wildman–Crippen MR) is 50.8 cm³/mol. The van der Waals surface area contributed by atoms with Gasteiger partial charge in [-0.2, -0.15) is 5.10 Å². The van der Waals surface area contributed by atoms with Crippen LogP contribution in [0.25, 0.3) is 5.57 Å². The number of nitrogen functional groups attached to an aromatic ring is 1. The van der Waals surface area contributed by atoms with E-state index in [4.69, 9.17) is 10.5 Å². The summed E-state index contributed by atoms with van der Waals surface area (Å²) < 4.78 is 7.04. The maximum Gasteiger partial charge on any atom is 0.0898 e. The van der Waals surface area contributed by atoms with Crippen LogP contribution in [-0.2, 0) is 11.8 Å². The predicted octanol–water partition coefficient (Wildman–Crippen LogP) is 1.15. The van der Waals surface area contributed by atoms with Crippen LogP contribution in [0.2, 0.25) is 0 Å². The molecule has 0 atom stereocenters. The molecular formula is C9H13N3O. The molecule has 0 fully saturated rings. The summed E-state index contributed by atoms with van der Waals surface area (Å²) in [4.78, 5) is 0. The van der Waals surface area contributed by atoms with E-state index in [0.717, 1.165) is 36.4 Å². The quantitative estimate of drug-likeness (QED) is 0.703. The lowest BCUT2D eigenvalue weighted by atomic mass is 10.1. The summed E-state index contributed by atoms with van der Waals surface area (Å²) in [5.74, 6) is 0. The van der Waals surface area contributed by atoms with Crippen molar-refractivity contribution in [1.29, 1.82) is 0 Å². The Morgan fingerprint density at radius 2 is 2.46 bits per heavy atom. The van der Waals surface area contributed by atoms with Gasteiger partial charge in [-0.15, -0.1) is 0 Å². The topological polar surface area (TPSA) is 53.1 Å². The van der Waals surface area contributed by atoms with Gasteiger partial charge in [-0.1, -0.05) is 0 Å². The van der Waals surface area contributed by atoms with E-state index in [0.29, 0.717) is 0 Å². The molecule has 0 aliphatic carbocycles. The minimum absolute atomic E-state index is 0.722. The summed E-state index contributed by atoms with van der Waals surface area (Å²) in [5.41, 5.74) is 8.64. The molecule has 4 nitrogen and oxygen atoms in total. The lowest BCUT2D eigenvalue weighted by Crippen LogP contribution is -2.05. The average Bonchev–Trinajstić information content (AvgIpc) is 2.48. The van der Waals surface area contributed by atoms with E-state index >= 15 is 0 Å². The molecule has 2 rings (SSSR count). The molecular weight excluding hydrogens is 166 g/mol. The number of aromatic nitrogens is 2. The van der Waals surface area contributed by atoms with Gasteiger partial charge in [0.1, 0.15) is 0 Å². The van der Waals surface area contributed by atoms with Gasteiger partial charge in [0, 0.05) is 12.6 Å². The van der Waals surface area contributed by atoms with E-state index in [1.54, 1.807) is 17.1 Å². The average molecular weight is 179 g/mol. The molecule has 2 N–H and O–H groups in total. The second-order valence-corrected chi connectivity index (χ2v) is 3.19. The van der Waals surface area contributed by atoms with Crippen LogP contribution in [0, 0.1) is 0 Å². The van der Waals surface area contributed by atoms with E-state index in [2.05, 4.69) is 5.10 Å². The summed E-state index contributed by atoms with van der Waals surface area (Å²) in [6.45, 7) is 0.807. The molecule has 0 amide bonds. The van der Waals surface area contributed by atoms with Crippen molar-refractivity contribution >= 4 is 11.3 Å². The van der Waals surface area contributed by atoms with Crippen LogP contribution < -0.4 is 5.73 Å². The van der Waals surface area contributed by atoms with Gasteiger partial charge in [0.25, 0.3) is 0 Å². The van der Waals surface area contributed by atoms with Crippen LogP contribution in [0.4, 0.5) is 5.69 Å². The Bertz CT molecular complexity index is 321. The van der Waals surface area contributed by atoms with Gasteiger partial charge in [0.05, 0.1) is 30.4 Å². The summed E-state index contributed by atoms with van der Waals surface area (Å²) in [6.07, 6.45) is 5.53. The van der Waals surface area contributed by atoms with Gasteiger partial charge < -0.3 is 10.5 Å². The highest BCUT2D eigenvalue weighted by Crippen LogP contribution is 2.26. The normalized spacial score (nSPS) is 16.5. The fraction of sp³-hybridized carbons (Fsp3) is 0.444. The number of hydrogen-bond donors (Lipinski definition) is 1. The number of nitrogens with two attached hydrogens (primary N) is 1. The van der Waals surface area contributed by atoms with E-state index in [-0.39, 0.29) is 0 Å². The molecule has 0 aromatic carbocycles. The zero-order chi connectivity index (χ0) is 9.26. The third kappa shape index (κ3) is 1.39. The fourth-order valence-corrected chi connectivity index (χ4v) is 1.59. The smallest absolute Gasteiger partial charge is 0.0898 e. The molecule has 1 aromatic heterocycles. The Morgan fingerprint density at radius 3 is 3.00 bits per heavy atom. The molecule has 0 unspecified atom stereocenters. The third-order valence-electron chi connectivity index (χ3n) is 2.21. The molecule has 70 valence electrons. The van der Waals surface area contributed by atoms with E-state index in [1.807, 2.05) is 7.05 Å². The second-order valence-electron chi connectivity index (χ2n) is 3.19. The van der Waals surface area contributed by atoms with Gasteiger partial charge in [0.15, 0.2) is 0 Å². The van der Waals surface area contributed by atoms with Crippen LogP contribution in [0.5, 0.6) is 0 Å². The number of hydrogen-bond acceptors (Lipinski definition) is 3. The first-order valence-corrected chi connectivity index (χ1v) is 4.37. The second kappa shape index (κ2) is 3.12. The van der Waals surface area contributed by atoms with Gasteiger partial charge in [-0.05, 0) is 12.8 Å². The highest BCUT2D eigenvalue weighted by molar-refractivity contribution is 5.71. The molecule has 2 heterocycles. The Morgan fingerprint density at radius 1 is 1.62 bits per heavy atom. The minimum Gasteiger partial charge on any atom is -0.501 e. The van der Waals surface area contributed by atoms with Crippen molar-refractivity contribution < 1.29 is 4.74 Å². The molecule has 1 aliphatic rings. The Balaban J connectivity index is 2.38. The Kier molecular flexibility index (Phi) is 1.96. The Labute approximate surface area is 77.0 Å². The zero-order valence-corrected chi connectivity index (χ0v) is 7.66. The highest BCUT2D eigenvalue weighted by Gasteiger charge is 2.13. The number of nitrogens with zero attached hydrogens (tertiary/aromatic N) is 2. The van der Waals surface area contributed by atoms with Crippen molar-refractivity contribution in [2.24, 2.45) is 7.05 Å². The number of allylic oxidation sites excluding steroid dienone is 1. The summed E-state index contributed by atoms with van der Waals surface area (Å²) in [5, 5.41) is 4.09. The third-order valence-corrected chi connectivity index (χ3v) is 2.21. The molecule has 0 bridgehead atoms. The van der Waals surface area contributed by atoms with Crippen molar-refractivity contribution in [2.75, 3.05) is 12.3 Å². The summed E-state index contributed by atoms with van der Waals surface area (Å²) >= 11 is 0. The molecule has 0 radical (unpaired) electrons. The lowest BCUT2D eigenvalue weighted by Gasteiger charge is -2.14. The first-order chi connectivity index (χ1) is 6.29. The number of aryl methyl sites for hydroxylation is 1. The van der Waals surface area contributed by atoms with E-state index in [1.165, 1.54) is 0 Å². The van der Waals surface area contributed by atoms with Crippen LogP contribution in [-0.4, -0.2) is 16.4 Å². The molecule has 1 aliphatic heterocycles. The molecule has 0 spiro atoms. The van der Waals surface area contributed by atoms with Crippen molar-refractivity contribution in [2.45, 2.75) is 12.8 Å². The number of anilines is 1.